The number of rotatable bonds is 5. The first kappa shape index (κ1) is 15.0. The molecule has 0 atom stereocenters. The van der Waals surface area contributed by atoms with Crippen molar-refractivity contribution in [3.05, 3.63) is 48.5 Å². The van der Waals surface area contributed by atoms with Gasteiger partial charge in [0, 0.05) is 0 Å². The van der Waals surface area contributed by atoms with Crippen molar-refractivity contribution >= 4 is 12.3 Å². The number of benzene rings is 2. The Labute approximate surface area is 124 Å². The van der Waals surface area contributed by atoms with Crippen LogP contribution in [0.25, 0.3) is 0 Å². The molecule has 0 aliphatic carbocycles. The van der Waals surface area contributed by atoms with Gasteiger partial charge in [-0.1, -0.05) is 0 Å². The number of hydrogen-bond donors (Lipinski definition) is 2. The lowest BCUT2D eigenvalue weighted by atomic mass is 10.3. The summed E-state index contributed by atoms with van der Waals surface area (Å²) >= 11 is 0. The van der Waals surface area contributed by atoms with E-state index in [2.05, 4.69) is 9.47 Å². The number of hydrogen-bond acceptors (Lipinski definition) is 6. The second-order valence-electron chi connectivity index (χ2n) is 3.85. The lowest BCUT2D eigenvalue weighted by Gasteiger charge is -2.07. The molecule has 0 bridgehead atoms. The summed E-state index contributed by atoms with van der Waals surface area (Å²) in [5.41, 5.74) is 0. The fourth-order valence-electron chi connectivity index (χ4n) is 1.42. The van der Waals surface area contributed by atoms with E-state index in [1.165, 1.54) is 48.5 Å². The molecule has 0 aliphatic rings. The van der Waals surface area contributed by atoms with Gasteiger partial charge in [0.25, 0.3) is 0 Å². The summed E-state index contributed by atoms with van der Waals surface area (Å²) < 4.78 is 8.87. The zero-order valence-electron chi connectivity index (χ0n) is 11.0. The Hall–Kier alpha value is -3.42. The Morgan fingerprint density at radius 1 is 0.591 bits per heavy atom. The summed E-state index contributed by atoms with van der Waals surface area (Å²) in [6, 6.07) is 11.4. The van der Waals surface area contributed by atoms with Gasteiger partial charge in [-0.25, -0.2) is 9.59 Å². The lowest BCUT2D eigenvalue weighted by molar-refractivity contribution is -0.0999. The van der Waals surface area contributed by atoms with Gasteiger partial charge in [0.2, 0.25) is 0 Å². The predicted molar refractivity (Wildman–Crippen MR) is 71.4 cm³/mol. The topological polar surface area (TPSA) is 112 Å². The van der Waals surface area contributed by atoms with E-state index in [4.69, 9.17) is 20.0 Å². The molecule has 0 heterocycles. The van der Waals surface area contributed by atoms with Gasteiger partial charge >= 0.3 is 12.3 Å². The molecule has 0 aliphatic heterocycles. The SMILES string of the molecule is O=C(O)Oc1ccc(OOc2ccc(OC(=O)O)cc2)cc1. The van der Waals surface area contributed by atoms with E-state index >= 15 is 0 Å². The second kappa shape index (κ2) is 6.84. The zero-order valence-corrected chi connectivity index (χ0v) is 11.0. The van der Waals surface area contributed by atoms with Crippen molar-refractivity contribution < 1.29 is 39.1 Å². The molecule has 0 spiro atoms. The van der Waals surface area contributed by atoms with Crippen LogP contribution in [0.3, 0.4) is 0 Å². The first-order valence-electron chi connectivity index (χ1n) is 5.89. The highest BCUT2D eigenvalue weighted by Crippen LogP contribution is 2.21. The minimum atomic E-state index is -1.41. The lowest BCUT2D eigenvalue weighted by Crippen LogP contribution is -2.04. The predicted octanol–water partition coefficient (Wildman–Crippen LogP) is 3.17. The number of carboxylic acid groups (broad SMARTS) is 2. The fraction of sp³-hybridized carbons (Fsp3) is 0. The first-order chi connectivity index (χ1) is 10.5. The average Bonchev–Trinajstić information content (AvgIpc) is 2.47. The molecule has 8 nitrogen and oxygen atoms in total. The Balaban J connectivity index is 1.89. The molecule has 0 amide bonds. The molecule has 22 heavy (non-hydrogen) atoms. The fourth-order valence-corrected chi connectivity index (χ4v) is 1.42. The van der Waals surface area contributed by atoms with Crippen LogP contribution in [0.4, 0.5) is 9.59 Å². The maximum Gasteiger partial charge on any atom is 0.511 e. The molecule has 0 saturated heterocycles. The smallest absolute Gasteiger partial charge is 0.449 e. The summed E-state index contributed by atoms with van der Waals surface area (Å²) in [5, 5.41) is 16.9. The molecule has 0 fully saturated rings. The van der Waals surface area contributed by atoms with Crippen LogP contribution in [-0.2, 0) is 0 Å². The van der Waals surface area contributed by atoms with Gasteiger partial charge in [0.05, 0.1) is 0 Å². The zero-order chi connectivity index (χ0) is 15.9. The van der Waals surface area contributed by atoms with E-state index in [1.54, 1.807) is 0 Å². The van der Waals surface area contributed by atoms with Crippen LogP contribution in [-0.4, -0.2) is 22.5 Å². The van der Waals surface area contributed by atoms with Crippen molar-refractivity contribution in [2.45, 2.75) is 0 Å². The Morgan fingerprint density at radius 3 is 1.14 bits per heavy atom. The first-order valence-corrected chi connectivity index (χ1v) is 5.89. The molecule has 2 rings (SSSR count). The highest BCUT2D eigenvalue weighted by Gasteiger charge is 2.04. The van der Waals surface area contributed by atoms with E-state index < -0.39 is 12.3 Å². The van der Waals surface area contributed by atoms with Crippen LogP contribution >= 0.6 is 0 Å². The molecule has 2 aromatic rings. The molecule has 0 radical (unpaired) electrons. The van der Waals surface area contributed by atoms with Gasteiger partial charge in [0.1, 0.15) is 11.5 Å². The van der Waals surface area contributed by atoms with E-state index in [1.807, 2.05) is 0 Å². The number of carbonyl (C=O) groups is 2. The van der Waals surface area contributed by atoms with Crippen LogP contribution in [0.2, 0.25) is 0 Å². The highest BCUT2D eigenvalue weighted by molar-refractivity contribution is 5.61. The van der Waals surface area contributed by atoms with Crippen LogP contribution < -0.4 is 19.2 Å². The minimum Gasteiger partial charge on any atom is -0.449 e. The summed E-state index contributed by atoms with van der Waals surface area (Å²) in [5.74, 6) is 0.942. The normalized spacial score (nSPS) is 9.64. The maximum atomic E-state index is 10.3. The summed E-state index contributed by atoms with van der Waals surface area (Å²) in [6.45, 7) is 0. The van der Waals surface area contributed by atoms with Gasteiger partial charge in [-0.2, -0.15) is 0 Å². The standard InChI is InChI=1S/C14H10O8/c15-13(16)19-9-1-5-11(6-2-9)21-22-12-7-3-10(4-8-12)20-14(17)18/h1-8H,(H,15,16)(H,17,18). The van der Waals surface area contributed by atoms with E-state index in [-0.39, 0.29) is 11.5 Å². The third kappa shape index (κ3) is 4.60. The highest BCUT2D eigenvalue weighted by atomic mass is 17.2. The van der Waals surface area contributed by atoms with Crippen LogP contribution in [0.5, 0.6) is 23.0 Å². The second-order valence-corrected chi connectivity index (χ2v) is 3.85. The van der Waals surface area contributed by atoms with Crippen LogP contribution in [0.15, 0.2) is 48.5 Å². The van der Waals surface area contributed by atoms with Gasteiger partial charge in [-0.3, -0.25) is 9.78 Å². The Morgan fingerprint density at radius 2 is 0.864 bits per heavy atom. The molecule has 8 heteroatoms. The van der Waals surface area contributed by atoms with Gasteiger partial charge < -0.3 is 19.7 Å². The summed E-state index contributed by atoms with van der Waals surface area (Å²) in [7, 11) is 0. The quantitative estimate of drug-likeness (QED) is 0.375. The average molecular weight is 306 g/mol. The number of ether oxygens (including phenoxy) is 2. The maximum absolute atomic E-state index is 10.3. The monoisotopic (exact) mass is 306 g/mol. The van der Waals surface area contributed by atoms with Crippen molar-refractivity contribution in [2.24, 2.45) is 0 Å². The van der Waals surface area contributed by atoms with Gasteiger partial charge in [0.15, 0.2) is 11.5 Å². The molecule has 2 aromatic carbocycles. The third-order valence-electron chi connectivity index (χ3n) is 2.29. The van der Waals surface area contributed by atoms with Crippen LogP contribution in [0.1, 0.15) is 0 Å². The molecule has 0 saturated carbocycles. The van der Waals surface area contributed by atoms with Crippen LogP contribution in [0, 0.1) is 0 Å². The Kier molecular flexibility index (Phi) is 4.66. The van der Waals surface area contributed by atoms with Crippen molar-refractivity contribution in [1.82, 2.24) is 0 Å². The summed E-state index contributed by atoms with van der Waals surface area (Å²) in [6.07, 6.45) is -2.82. The van der Waals surface area contributed by atoms with E-state index in [0.29, 0.717) is 11.5 Å². The molecular formula is C14H10O8. The van der Waals surface area contributed by atoms with Gasteiger partial charge in [-0.15, -0.1) is 0 Å². The minimum absolute atomic E-state index is 0.148. The van der Waals surface area contributed by atoms with E-state index in [9.17, 15) is 9.59 Å². The molecule has 0 aromatic heterocycles. The van der Waals surface area contributed by atoms with Gasteiger partial charge in [-0.05, 0) is 48.5 Å². The van der Waals surface area contributed by atoms with E-state index in [0.717, 1.165) is 0 Å². The third-order valence-corrected chi connectivity index (χ3v) is 2.29. The molecule has 114 valence electrons. The van der Waals surface area contributed by atoms with Crippen molar-refractivity contribution in [3.8, 4) is 23.0 Å². The van der Waals surface area contributed by atoms with Crippen molar-refractivity contribution in [2.75, 3.05) is 0 Å². The molecular weight excluding hydrogens is 296 g/mol. The Bertz CT molecular complexity index is 588. The summed E-state index contributed by atoms with van der Waals surface area (Å²) in [4.78, 5) is 30.7. The molecule has 2 N–H and O–H groups in total. The molecule has 0 unspecified atom stereocenters. The largest absolute Gasteiger partial charge is 0.511 e. The van der Waals surface area contributed by atoms with Crippen molar-refractivity contribution in [1.29, 1.82) is 0 Å². The van der Waals surface area contributed by atoms with Crippen molar-refractivity contribution in [3.63, 3.8) is 0 Å².